The van der Waals surface area contributed by atoms with E-state index in [0.717, 1.165) is 19.4 Å². The SMILES string of the molecule is CCCCN(C)C(=O)c1ccc(C(=O)Nc2ccc(OC)c(Cl)c2)cc1. The molecule has 0 aliphatic heterocycles. The summed E-state index contributed by atoms with van der Waals surface area (Å²) in [6.45, 7) is 2.80. The van der Waals surface area contributed by atoms with E-state index in [1.54, 1.807) is 54.4 Å². The number of ether oxygens (including phenoxy) is 1. The van der Waals surface area contributed by atoms with Gasteiger partial charge in [0.1, 0.15) is 5.75 Å². The largest absolute Gasteiger partial charge is 0.495 e. The summed E-state index contributed by atoms with van der Waals surface area (Å²) < 4.78 is 5.09. The predicted molar refractivity (Wildman–Crippen MR) is 104 cm³/mol. The van der Waals surface area contributed by atoms with Gasteiger partial charge in [0.05, 0.1) is 12.1 Å². The fraction of sp³-hybridized carbons (Fsp3) is 0.300. The van der Waals surface area contributed by atoms with E-state index in [9.17, 15) is 9.59 Å². The minimum absolute atomic E-state index is 0.0488. The topological polar surface area (TPSA) is 58.6 Å². The molecule has 2 rings (SSSR count). The van der Waals surface area contributed by atoms with Crippen LogP contribution < -0.4 is 10.1 Å². The van der Waals surface area contributed by atoms with Crippen LogP contribution in [0.25, 0.3) is 0 Å². The number of methoxy groups -OCH3 is 1. The van der Waals surface area contributed by atoms with Crippen LogP contribution in [0.3, 0.4) is 0 Å². The fourth-order valence-electron chi connectivity index (χ4n) is 2.43. The summed E-state index contributed by atoms with van der Waals surface area (Å²) in [5.74, 6) is 0.219. The van der Waals surface area contributed by atoms with Gasteiger partial charge in [0.15, 0.2) is 0 Å². The van der Waals surface area contributed by atoms with E-state index in [1.165, 1.54) is 7.11 Å². The van der Waals surface area contributed by atoms with Crippen LogP contribution in [0.2, 0.25) is 5.02 Å². The van der Waals surface area contributed by atoms with E-state index in [-0.39, 0.29) is 11.8 Å². The first kappa shape index (κ1) is 19.8. The van der Waals surface area contributed by atoms with E-state index in [2.05, 4.69) is 12.2 Å². The lowest BCUT2D eigenvalue weighted by Crippen LogP contribution is -2.27. The van der Waals surface area contributed by atoms with Crippen molar-refractivity contribution in [2.45, 2.75) is 19.8 Å². The highest BCUT2D eigenvalue weighted by atomic mass is 35.5. The number of rotatable bonds is 7. The van der Waals surface area contributed by atoms with Crippen molar-refractivity contribution in [3.63, 3.8) is 0 Å². The number of benzene rings is 2. The Kier molecular flexibility index (Phi) is 7.04. The zero-order chi connectivity index (χ0) is 19.1. The molecule has 0 spiro atoms. The highest BCUT2D eigenvalue weighted by Crippen LogP contribution is 2.27. The summed E-state index contributed by atoms with van der Waals surface area (Å²) >= 11 is 6.06. The Morgan fingerprint density at radius 1 is 1.12 bits per heavy atom. The van der Waals surface area contributed by atoms with Gasteiger partial charge in [-0.15, -0.1) is 0 Å². The van der Waals surface area contributed by atoms with Crippen LogP contribution in [0.15, 0.2) is 42.5 Å². The number of anilines is 1. The van der Waals surface area contributed by atoms with Gasteiger partial charge in [-0.1, -0.05) is 24.9 Å². The number of amides is 2. The maximum atomic E-state index is 12.4. The minimum atomic E-state index is -0.274. The molecule has 0 aliphatic carbocycles. The molecule has 1 N–H and O–H groups in total. The van der Waals surface area contributed by atoms with Crippen LogP contribution >= 0.6 is 11.6 Å². The summed E-state index contributed by atoms with van der Waals surface area (Å²) in [5, 5.41) is 3.19. The molecule has 26 heavy (non-hydrogen) atoms. The Labute approximate surface area is 158 Å². The lowest BCUT2D eigenvalue weighted by Gasteiger charge is -2.16. The summed E-state index contributed by atoms with van der Waals surface area (Å²) in [7, 11) is 3.31. The van der Waals surface area contributed by atoms with Crippen LogP contribution in [0.4, 0.5) is 5.69 Å². The van der Waals surface area contributed by atoms with Gasteiger partial charge in [0.2, 0.25) is 0 Å². The summed E-state index contributed by atoms with van der Waals surface area (Å²) in [6.07, 6.45) is 2.00. The molecule has 2 aromatic rings. The number of nitrogens with one attached hydrogen (secondary N) is 1. The number of unbranched alkanes of at least 4 members (excludes halogenated alkanes) is 1. The van der Waals surface area contributed by atoms with Gasteiger partial charge >= 0.3 is 0 Å². The molecular weight excluding hydrogens is 352 g/mol. The van der Waals surface area contributed by atoms with Gasteiger partial charge in [0, 0.05) is 30.4 Å². The smallest absolute Gasteiger partial charge is 0.255 e. The lowest BCUT2D eigenvalue weighted by atomic mass is 10.1. The van der Waals surface area contributed by atoms with E-state index in [4.69, 9.17) is 16.3 Å². The number of halogens is 1. The van der Waals surface area contributed by atoms with Crippen molar-refractivity contribution in [1.29, 1.82) is 0 Å². The maximum absolute atomic E-state index is 12.4. The first-order valence-electron chi connectivity index (χ1n) is 8.46. The molecule has 0 saturated heterocycles. The van der Waals surface area contributed by atoms with Crippen LogP contribution in [0, 0.1) is 0 Å². The van der Waals surface area contributed by atoms with Gasteiger partial charge in [-0.3, -0.25) is 9.59 Å². The number of nitrogens with zero attached hydrogens (tertiary/aromatic N) is 1. The van der Waals surface area contributed by atoms with Crippen LogP contribution in [-0.2, 0) is 0 Å². The standard InChI is InChI=1S/C20H23ClN2O3/c1-4-5-12-23(2)20(25)15-8-6-14(7-9-15)19(24)22-16-10-11-18(26-3)17(21)13-16/h6-11,13H,4-5,12H2,1-3H3,(H,22,24). The van der Waals surface area contributed by atoms with Gasteiger partial charge in [0.25, 0.3) is 11.8 Å². The number of hydrogen-bond donors (Lipinski definition) is 1. The van der Waals surface area contributed by atoms with Crippen molar-refractivity contribution in [3.8, 4) is 5.75 Å². The lowest BCUT2D eigenvalue weighted by molar-refractivity contribution is 0.0792. The quantitative estimate of drug-likeness (QED) is 0.777. The van der Waals surface area contributed by atoms with Gasteiger partial charge in [-0.2, -0.15) is 0 Å². The molecule has 0 fully saturated rings. The average Bonchev–Trinajstić information content (AvgIpc) is 2.65. The first-order chi connectivity index (χ1) is 12.5. The van der Waals surface area contributed by atoms with Crippen molar-refractivity contribution in [3.05, 3.63) is 58.6 Å². The molecule has 0 atom stereocenters. The van der Waals surface area contributed by atoms with Crippen molar-refractivity contribution in [1.82, 2.24) is 4.90 Å². The second kappa shape index (κ2) is 9.25. The molecule has 2 aromatic carbocycles. The highest BCUT2D eigenvalue weighted by molar-refractivity contribution is 6.32. The van der Waals surface area contributed by atoms with Crippen LogP contribution in [-0.4, -0.2) is 37.4 Å². The normalized spacial score (nSPS) is 10.3. The zero-order valence-corrected chi connectivity index (χ0v) is 16.0. The van der Waals surface area contributed by atoms with E-state index in [1.807, 2.05) is 0 Å². The Balaban J connectivity index is 2.04. The predicted octanol–water partition coefficient (Wildman–Crippen LogP) is 4.47. The molecule has 0 heterocycles. The van der Waals surface area contributed by atoms with Crippen molar-refractivity contribution in [2.24, 2.45) is 0 Å². The highest BCUT2D eigenvalue weighted by Gasteiger charge is 2.13. The van der Waals surface area contributed by atoms with Crippen LogP contribution in [0.5, 0.6) is 5.75 Å². The van der Waals surface area contributed by atoms with E-state index >= 15 is 0 Å². The minimum Gasteiger partial charge on any atom is -0.495 e. The molecule has 5 nitrogen and oxygen atoms in total. The molecular formula is C20H23ClN2O3. The van der Waals surface area contributed by atoms with Gasteiger partial charge in [-0.25, -0.2) is 0 Å². The Morgan fingerprint density at radius 2 is 1.77 bits per heavy atom. The van der Waals surface area contributed by atoms with Crippen molar-refractivity contribution >= 4 is 29.1 Å². The molecule has 0 saturated carbocycles. The number of carbonyl (C=O) groups excluding carboxylic acids is 2. The zero-order valence-electron chi connectivity index (χ0n) is 15.2. The van der Waals surface area contributed by atoms with Crippen LogP contribution in [0.1, 0.15) is 40.5 Å². The summed E-state index contributed by atoms with van der Waals surface area (Å²) in [6, 6.07) is 11.6. The number of carbonyl (C=O) groups is 2. The third kappa shape index (κ3) is 4.99. The third-order valence-electron chi connectivity index (χ3n) is 4.00. The Morgan fingerprint density at radius 3 is 2.35 bits per heavy atom. The van der Waals surface area contributed by atoms with Crippen molar-refractivity contribution in [2.75, 3.05) is 26.0 Å². The second-order valence-corrected chi connectivity index (χ2v) is 6.37. The molecule has 0 aromatic heterocycles. The molecule has 0 radical (unpaired) electrons. The van der Waals surface area contributed by atoms with E-state index < -0.39 is 0 Å². The van der Waals surface area contributed by atoms with Gasteiger partial charge < -0.3 is 15.0 Å². The molecule has 138 valence electrons. The molecule has 0 unspecified atom stereocenters. The van der Waals surface area contributed by atoms with Gasteiger partial charge in [-0.05, 0) is 48.9 Å². The Hall–Kier alpha value is -2.53. The molecule has 0 bridgehead atoms. The Bertz CT molecular complexity index is 775. The monoisotopic (exact) mass is 374 g/mol. The average molecular weight is 375 g/mol. The molecule has 0 aliphatic rings. The molecule has 2 amide bonds. The van der Waals surface area contributed by atoms with Crippen molar-refractivity contribution < 1.29 is 14.3 Å². The summed E-state index contributed by atoms with van der Waals surface area (Å²) in [4.78, 5) is 26.4. The maximum Gasteiger partial charge on any atom is 0.255 e. The second-order valence-electron chi connectivity index (χ2n) is 5.96. The third-order valence-corrected chi connectivity index (χ3v) is 4.29. The van der Waals surface area contributed by atoms with E-state index in [0.29, 0.717) is 27.6 Å². The number of hydrogen-bond acceptors (Lipinski definition) is 3. The first-order valence-corrected chi connectivity index (χ1v) is 8.84. The molecule has 6 heteroatoms. The fourth-order valence-corrected chi connectivity index (χ4v) is 2.69. The summed E-state index contributed by atoms with van der Waals surface area (Å²) in [5.41, 5.74) is 1.59.